The molecule has 1 heterocycles. The van der Waals surface area contributed by atoms with Gasteiger partial charge in [-0.15, -0.1) is 0 Å². The fraction of sp³-hybridized carbons (Fsp3) is 0.667. The summed E-state index contributed by atoms with van der Waals surface area (Å²) in [7, 11) is 3.26. The molecule has 0 bridgehead atoms. The second-order valence-corrected chi connectivity index (χ2v) is 4.19. The molecule has 1 amide bonds. The number of aliphatic hydroxyl groups excluding tert-OH is 1. The summed E-state index contributed by atoms with van der Waals surface area (Å²) >= 11 is 0. The van der Waals surface area contributed by atoms with Gasteiger partial charge in [0.25, 0.3) is 5.91 Å². The molecule has 0 aromatic carbocycles. The first-order chi connectivity index (χ1) is 9.06. The number of ether oxygens (including phenoxy) is 1. The molecule has 3 N–H and O–H groups in total. The molecule has 1 aromatic rings. The Labute approximate surface area is 112 Å². The number of aryl methyl sites for hydroxylation is 2. The molecule has 0 saturated heterocycles. The first-order valence-electron chi connectivity index (χ1n) is 6.27. The zero-order valence-corrected chi connectivity index (χ0v) is 11.7. The number of nitrogen functional groups attached to an aromatic ring is 1. The van der Waals surface area contributed by atoms with Gasteiger partial charge in [-0.3, -0.25) is 9.48 Å². The Morgan fingerprint density at radius 3 is 2.68 bits per heavy atom. The largest absolute Gasteiger partial charge is 0.395 e. The minimum atomic E-state index is -0.238. The number of methoxy groups -OCH3 is 1. The van der Waals surface area contributed by atoms with E-state index in [0.29, 0.717) is 36.6 Å². The molecule has 0 aliphatic carbocycles. The van der Waals surface area contributed by atoms with Crippen molar-refractivity contribution in [2.45, 2.75) is 13.3 Å². The lowest BCUT2D eigenvalue weighted by Crippen LogP contribution is -2.37. The van der Waals surface area contributed by atoms with Crippen LogP contribution in [0.15, 0.2) is 0 Å². The standard InChI is InChI=1S/C12H22N4O3/c1-4-9-10(13)11(15(2)14-9)12(18)16(5-7-17)6-8-19-3/h17H,4-8,13H2,1-3H3. The van der Waals surface area contributed by atoms with Crippen LogP contribution in [-0.4, -0.2) is 59.1 Å². The minimum absolute atomic E-state index is 0.103. The van der Waals surface area contributed by atoms with Gasteiger partial charge in [-0.25, -0.2) is 0 Å². The highest BCUT2D eigenvalue weighted by atomic mass is 16.5. The van der Waals surface area contributed by atoms with Crippen LogP contribution in [-0.2, 0) is 18.2 Å². The summed E-state index contributed by atoms with van der Waals surface area (Å²) in [6.07, 6.45) is 0.672. The van der Waals surface area contributed by atoms with Gasteiger partial charge >= 0.3 is 0 Å². The van der Waals surface area contributed by atoms with E-state index < -0.39 is 0 Å². The smallest absolute Gasteiger partial charge is 0.274 e. The van der Waals surface area contributed by atoms with Crippen LogP contribution in [0, 0.1) is 0 Å². The predicted octanol–water partition coefficient (Wildman–Crippen LogP) is -0.354. The summed E-state index contributed by atoms with van der Waals surface area (Å²) in [4.78, 5) is 13.9. The molecule has 0 atom stereocenters. The van der Waals surface area contributed by atoms with E-state index in [0.717, 1.165) is 0 Å². The molecule has 108 valence electrons. The van der Waals surface area contributed by atoms with E-state index in [1.54, 1.807) is 14.2 Å². The van der Waals surface area contributed by atoms with E-state index in [4.69, 9.17) is 15.6 Å². The molecule has 1 aromatic heterocycles. The topological polar surface area (TPSA) is 93.6 Å². The summed E-state index contributed by atoms with van der Waals surface area (Å²) in [5, 5.41) is 13.3. The Hall–Kier alpha value is -1.60. The highest BCUT2D eigenvalue weighted by Crippen LogP contribution is 2.18. The fourth-order valence-electron chi connectivity index (χ4n) is 1.90. The molecule has 7 heteroatoms. The van der Waals surface area contributed by atoms with E-state index in [1.165, 1.54) is 9.58 Å². The molecule has 19 heavy (non-hydrogen) atoms. The molecule has 1 rings (SSSR count). The Morgan fingerprint density at radius 2 is 2.21 bits per heavy atom. The predicted molar refractivity (Wildman–Crippen MR) is 71.9 cm³/mol. The normalized spacial score (nSPS) is 10.7. The van der Waals surface area contributed by atoms with E-state index >= 15 is 0 Å². The lowest BCUT2D eigenvalue weighted by Gasteiger charge is -2.21. The number of rotatable bonds is 7. The molecular formula is C12H22N4O3. The number of hydrogen-bond donors (Lipinski definition) is 2. The Bertz CT molecular complexity index is 431. The summed E-state index contributed by atoms with van der Waals surface area (Å²) in [6, 6.07) is 0. The lowest BCUT2D eigenvalue weighted by atomic mass is 10.2. The van der Waals surface area contributed by atoms with Crippen molar-refractivity contribution >= 4 is 11.6 Å². The van der Waals surface area contributed by atoms with E-state index in [-0.39, 0.29) is 19.1 Å². The Balaban J connectivity index is 2.98. The van der Waals surface area contributed by atoms with Crippen LogP contribution in [0.3, 0.4) is 0 Å². The molecule has 0 unspecified atom stereocenters. The highest BCUT2D eigenvalue weighted by molar-refractivity contribution is 5.98. The van der Waals surface area contributed by atoms with Gasteiger partial charge < -0.3 is 20.5 Å². The summed E-state index contributed by atoms with van der Waals surface area (Å²) in [5.74, 6) is -0.238. The van der Waals surface area contributed by atoms with Crippen LogP contribution in [0.25, 0.3) is 0 Å². The third kappa shape index (κ3) is 3.45. The zero-order valence-electron chi connectivity index (χ0n) is 11.7. The van der Waals surface area contributed by atoms with Crippen LogP contribution < -0.4 is 5.73 Å². The number of hydrogen-bond acceptors (Lipinski definition) is 5. The molecule has 0 radical (unpaired) electrons. The number of aromatic nitrogens is 2. The molecule has 0 aliphatic rings. The first-order valence-corrected chi connectivity index (χ1v) is 6.27. The highest BCUT2D eigenvalue weighted by Gasteiger charge is 2.23. The fourth-order valence-corrected chi connectivity index (χ4v) is 1.90. The molecule has 0 fully saturated rings. The van der Waals surface area contributed by atoms with Crippen LogP contribution in [0.4, 0.5) is 5.69 Å². The van der Waals surface area contributed by atoms with Crippen molar-refractivity contribution in [3.05, 3.63) is 11.4 Å². The van der Waals surface area contributed by atoms with Crippen molar-refractivity contribution in [1.82, 2.24) is 14.7 Å². The number of aliphatic hydroxyl groups is 1. The van der Waals surface area contributed by atoms with Crippen molar-refractivity contribution in [3.8, 4) is 0 Å². The van der Waals surface area contributed by atoms with Gasteiger partial charge in [0, 0.05) is 27.2 Å². The first kappa shape index (κ1) is 15.5. The molecule has 7 nitrogen and oxygen atoms in total. The lowest BCUT2D eigenvalue weighted by molar-refractivity contribution is 0.0647. The maximum atomic E-state index is 12.4. The maximum absolute atomic E-state index is 12.4. The summed E-state index contributed by atoms with van der Waals surface area (Å²) < 4.78 is 6.46. The third-order valence-electron chi connectivity index (χ3n) is 2.92. The number of nitrogens with zero attached hydrogens (tertiary/aromatic N) is 3. The quantitative estimate of drug-likeness (QED) is 0.706. The van der Waals surface area contributed by atoms with Gasteiger partial charge in [0.15, 0.2) is 0 Å². The van der Waals surface area contributed by atoms with E-state index in [1.807, 2.05) is 6.92 Å². The number of nitrogens with two attached hydrogens (primary N) is 1. The van der Waals surface area contributed by atoms with Crippen molar-refractivity contribution in [1.29, 1.82) is 0 Å². The van der Waals surface area contributed by atoms with Crippen molar-refractivity contribution in [2.75, 3.05) is 39.1 Å². The van der Waals surface area contributed by atoms with Gasteiger partial charge in [0.05, 0.1) is 24.6 Å². The van der Waals surface area contributed by atoms with E-state index in [9.17, 15) is 4.79 Å². The monoisotopic (exact) mass is 270 g/mol. The van der Waals surface area contributed by atoms with Crippen LogP contribution >= 0.6 is 0 Å². The van der Waals surface area contributed by atoms with Crippen LogP contribution in [0.2, 0.25) is 0 Å². The van der Waals surface area contributed by atoms with Gasteiger partial charge in [-0.05, 0) is 6.42 Å². The van der Waals surface area contributed by atoms with Crippen LogP contribution in [0.1, 0.15) is 23.1 Å². The van der Waals surface area contributed by atoms with Crippen molar-refractivity contribution in [3.63, 3.8) is 0 Å². The zero-order chi connectivity index (χ0) is 14.4. The molecular weight excluding hydrogens is 248 g/mol. The average molecular weight is 270 g/mol. The van der Waals surface area contributed by atoms with Crippen molar-refractivity contribution in [2.24, 2.45) is 7.05 Å². The van der Waals surface area contributed by atoms with Gasteiger partial charge in [-0.1, -0.05) is 6.92 Å². The Morgan fingerprint density at radius 1 is 1.53 bits per heavy atom. The molecule has 0 saturated carbocycles. The van der Waals surface area contributed by atoms with Crippen molar-refractivity contribution < 1.29 is 14.6 Å². The number of amides is 1. The van der Waals surface area contributed by atoms with Crippen LogP contribution in [0.5, 0.6) is 0 Å². The maximum Gasteiger partial charge on any atom is 0.274 e. The van der Waals surface area contributed by atoms with Gasteiger partial charge in [0.2, 0.25) is 0 Å². The summed E-state index contributed by atoms with van der Waals surface area (Å²) in [5.41, 5.74) is 7.44. The molecule has 0 spiro atoms. The number of anilines is 1. The average Bonchev–Trinajstić information content (AvgIpc) is 2.68. The minimum Gasteiger partial charge on any atom is -0.395 e. The molecule has 0 aliphatic heterocycles. The Kier molecular flexibility index (Phi) is 5.78. The second-order valence-electron chi connectivity index (χ2n) is 4.19. The second kappa shape index (κ2) is 7.10. The van der Waals surface area contributed by atoms with Gasteiger partial charge in [0.1, 0.15) is 5.69 Å². The van der Waals surface area contributed by atoms with Gasteiger partial charge in [-0.2, -0.15) is 5.10 Å². The SMILES string of the molecule is CCc1nn(C)c(C(=O)N(CCO)CCOC)c1N. The van der Waals surface area contributed by atoms with E-state index in [2.05, 4.69) is 5.10 Å². The third-order valence-corrected chi connectivity index (χ3v) is 2.92. The number of carbonyl (C=O) groups excluding carboxylic acids is 1. The number of carbonyl (C=O) groups is 1. The summed E-state index contributed by atoms with van der Waals surface area (Å²) in [6.45, 7) is 2.89.